The van der Waals surface area contributed by atoms with Gasteiger partial charge in [0.2, 0.25) is 0 Å². The van der Waals surface area contributed by atoms with Crippen molar-refractivity contribution in [3.8, 4) is 11.5 Å². The molecule has 0 N–H and O–H groups in total. The summed E-state index contributed by atoms with van der Waals surface area (Å²) in [5.74, 6) is 0.660. The number of methoxy groups -OCH3 is 2. The minimum atomic E-state index is -0.314. The van der Waals surface area contributed by atoms with E-state index in [0.717, 1.165) is 0 Å². The number of benzene rings is 1. The Labute approximate surface area is 70.9 Å². The lowest BCUT2D eigenvalue weighted by molar-refractivity contribution is 0.385. The molecule has 0 spiro atoms. The Bertz CT molecular complexity index is 284. The van der Waals surface area contributed by atoms with Crippen molar-refractivity contribution in [1.82, 2.24) is 0 Å². The molecule has 0 heterocycles. The van der Waals surface area contributed by atoms with Gasteiger partial charge in [-0.15, -0.1) is 0 Å². The van der Waals surface area contributed by atoms with Gasteiger partial charge in [0.1, 0.15) is 17.3 Å². The van der Waals surface area contributed by atoms with Crippen LogP contribution in [0.4, 0.5) is 4.39 Å². The molecule has 1 rings (SSSR count). The maximum atomic E-state index is 13.1. The van der Waals surface area contributed by atoms with E-state index in [1.807, 2.05) is 0 Å². The third-order valence-corrected chi connectivity index (χ3v) is 1.73. The SMILES string of the molecule is COc1cc(F)c(C)c(OC)c1. The second-order valence-corrected chi connectivity index (χ2v) is 2.44. The van der Waals surface area contributed by atoms with E-state index in [-0.39, 0.29) is 5.82 Å². The zero-order valence-electron chi connectivity index (χ0n) is 7.35. The van der Waals surface area contributed by atoms with Crippen LogP contribution in [0.1, 0.15) is 5.56 Å². The summed E-state index contributed by atoms with van der Waals surface area (Å²) in [4.78, 5) is 0. The molecule has 0 fully saturated rings. The van der Waals surface area contributed by atoms with Crippen LogP contribution in [-0.2, 0) is 0 Å². The highest BCUT2D eigenvalue weighted by Gasteiger charge is 2.06. The van der Waals surface area contributed by atoms with E-state index >= 15 is 0 Å². The van der Waals surface area contributed by atoms with Gasteiger partial charge < -0.3 is 9.47 Å². The van der Waals surface area contributed by atoms with E-state index in [9.17, 15) is 4.39 Å². The Morgan fingerprint density at radius 1 is 1.17 bits per heavy atom. The summed E-state index contributed by atoms with van der Waals surface area (Å²) < 4.78 is 22.9. The van der Waals surface area contributed by atoms with E-state index in [1.54, 1.807) is 13.0 Å². The van der Waals surface area contributed by atoms with E-state index in [1.165, 1.54) is 20.3 Å². The number of hydrogen-bond donors (Lipinski definition) is 0. The monoisotopic (exact) mass is 170 g/mol. The minimum Gasteiger partial charge on any atom is -0.497 e. The Morgan fingerprint density at radius 3 is 2.33 bits per heavy atom. The van der Waals surface area contributed by atoms with Crippen LogP contribution in [0, 0.1) is 12.7 Å². The summed E-state index contributed by atoms with van der Waals surface area (Å²) in [7, 11) is 2.99. The molecule has 0 bridgehead atoms. The third kappa shape index (κ3) is 1.49. The second kappa shape index (κ2) is 3.43. The zero-order chi connectivity index (χ0) is 9.14. The van der Waals surface area contributed by atoms with Gasteiger partial charge in [0.25, 0.3) is 0 Å². The van der Waals surface area contributed by atoms with Crippen molar-refractivity contribution in [3.63, 3.8) is 0 Å². The number of hydrogen-bond acceptors (Lipinski definition) is 2. The van der Waals surface area contributed by atoms with Gasteiger partial charge in [0, 0.05) is 17.7 Å². The summed E-state index contributed by atoms with van der Waals surface area (Å²) in [6.45, 7) is 1.66. The van der Waals surface area contributed by atoms with E-state index in [0.29, 0.717) is 17.1 Å². The molecule has 0 aliphatic rings. The average molecular weight is 170 g/mol. The lowest BCUT2D eigenvalue weighted by Crippen LogP contribution is -1.93. The Kier molecular flexibility index (Phi) is 2.53. The van der Waals surface area contributed by atoms with Crippen LogP contribution in [-0.4, -0.2) is 14.2 Å². The summed E-state index contributed by atoms with van der Waals surface area (Å²) in [6, 6.07) is 2.98. The average Bonchev–Trinajstić information content (AvgIpc) is 2.09. The molecule has 0 atom stereocenters. The first-order chi connectivity index (χ1) is 5.69. The highest BCUT2D eigenvalue weighted by atomic mass is 19.1. The highest BCUT2D eigenvalue weighted by molar-refractivity contribution is 5.40. The van der Waals surface area contributed by atoms with Crippen LogP contribution in [0.2, 0.25) is 0 Å². The molecule has 3 heteroatoms. The molecule has 12 heavy (non-hydrogen) atoms. The third-order valence-electron chi connectivity index (χ3n) is 1.73. The number of ether oxygens (including phenoxy) is 2. The van der Waals surface area contributed by atoms with Crippen molar-refractivity contribution in [1.29, 1.82) is 0 Å². The summed E-state index contributed by atoms with van der Waals surface area (Å²) >= 11 is 0. The smallest absolute Gasteiger partial charge is 0.133 e. The van der Waals surface area contributed by atoms with Crippen molar-refractivity contribution in [3.05, 3.63) is 23.5 Å². The summed E-state index contributed by atoms with van der Waals surface area (Å²) in [5, 5.41) is 0. The maximum Gasteiger partial charge on any atom is 0.133 e. The van der Waals surface area contributed by atoms with Crippen molar-refractivity contribution in [2.24, 2.45) is 0 Å². The second-order valence-electron chi connectivity index (χ2n) is 2.44. The Balaban J connectivity index is 3.19. The zero-order valence-corrected chi connectivity index (χ0v) is 7.35. The van der Waals surface area contributed by atoms with E-state index in [2.05, 4.69) is 0 Å². The molecule has 1 aromatic rings. The van der Waals surface area contributed by atoms with Crippen LogP contribution in [0.5, 0.6) is 11.5 Å². The van der Waals surface area contributed by atoms with Gasteiger partial charge in [-0.3, -0.25) is 0 Å². The molecule has 0 aliphatic carbocycles. The fourth-order valence-electron chi connectivity index (χ4n) is 0.960. The summed E-state index contributed by atoms with van der Waals surface area (Å²) in [5.41, 5.74) is 0.498. The van der Waals surface area contributed by atoms with Crippen molar-refractivity contribution in [2.75, 3.05) is 14.2 Å². The molecular weight excluding hydrogens is 159 g/mol. The highest BCUT2D eigenvalue weighted by Crippen LogP contribution is 2.26. The first-order valence-electron chi connectivity index (χ1n) is 3.57. The topological polar surface area (TPSA) is 18.5 Å². The molecule has 0 saturated heterocycles. The molecule has 2 nitrogen and oxygen atoms in total. The van der Waals surface area contributed by atoms with Crippen LogP contribution in [0.3, 0.4) is 0 Å². The van der Waals surface area contributed by atoms with Crippen LogP contribution < -0.4 is 9.47 Å². The summed E-state index contributed by atoms with van der Waals surface area (Å²) in [6.07, 6.45) is 0. The van der Waals surface area contributed by atoms with E-state index < -0.39 is 0 Å². The van der Waals surface area contributed by atoms with Gasteiger partial charge in [-0.2, -0.15) is 0 Å². The molecule has 0 aromatic heterocycles. The predicted molar refractivity (Wildman–Crippen MR) is 44.2 cm³/mol. The Hall–Kier alpha value is -1.25. The van der Waals surface area contributed by atoms with Gasteiger partial charge in [0.15, 0.2) is 0 Å². The molecule has 0 aliphatic heterocycles. The Morgan fingerprint density at radius 2 is 1.83 bits per heavy atom. The van der Waals surface area contributed by atoms with Crippen LogP contribution in [0.25, 0.3) is 0 Å². The van der Waals surface area contributed by atoms with Crippen molar-refractivity contribution in [2.45, 2.75) is 6.92 Å². The van der Waals surface area contributed by atoms with Gasteiger partial charge in [-0.05, 0) is 6.92 Å². The van der Waals surface area contributed by atoms with Crippen LogP contribution in [0.15, 0.2) is 12.1 Å². The predicted octanol–water partition coefficient (Wildman–Crippen LogP) is 2.15. The largest absolute Gasteiger partial charge is 0.497 e. The fraction of sp³-hybridized carbons (Fsp3) is 0.333. The molecule has 66 valence electrons. The molecular formula is C9H11FO2. The molecule has 0 unspecified atom stereocenters. The number of rotatable bonds is 2. The van der Waals surface area contributed by atoms with Crippen molar-refractivity contribution < 1.29 is 13.9 Å². The van der Waals surface area contributed by atoms with Gasteiger partial charge in [0.05, 0.1) is 14.2 Å². The fourth-order valence-corrected chi connectivity index (χ4v) is 0.960. The lowest BCUT2D eigenvalue weighted by atomic mass is 10.2. The molecule has 1 aromatic carbocycles. The first kappa shape index (κ1) is 8.84. The molecule has 0 radical (unpaired) electrons. The standard InChI is InChI=1S/C9H11FO2/c1-6-8(10)4-7(11-2)5-9(6)12-3/h4-5H,1-3H3. The van der Waals surface area contributed by atoms with Crippen LogP contribution >= 0.6 is 0 Å². The minimum absolute atomic E-state index is 0.314. The van der Waals surface area contributed by atoms with Crippen molar-refractivity contribution >= 4 is 0 Å². The first-order valence-corrected chi connectivity index (χ1v) is 3.57. The molecule has 0 saturated carbocycles. The number of halogens is 1. The van der Waals surface area contributed by atoms with Gasteiger partial charge in [-0.1, -0.05) is 0 Å². The maximum absolute atomic E-state index is 13.1. The normalized spacial score (nSPS) is 9.67. The quantitative estimate of drug-likeness (QED) is 0.677. The van der Waals surface area contributed by atoms with Gasteiger partial charge >= 0.3 is 0 Å². The lowest BCUT2D eigenvalue weighted by Gasteiger charge is -2.07. The molecule has 0 amide bonds. The van der Waals surface area contributed by atoms with E-state index in [4.69, 9.17) is 9.47 Å². The van der Waals surface area contributed by atoms with Gasteiger partial charge in [-0.25, -0.2) is 4.39 Å².